The highest BCUT2D eigenvalue weighted by atomic mass is 16.3. The molecule has 1 amide bonds. The van der Waals surface area contributed by atoms with Crippen LogP contribution in [0.1, 0.15) is 32.3 Å². The summed E-state index contributed by atoms with van der Waals surface area (Å²) in [6.07, 6.45) is 0. The van der Waals surface area contributed by atoms with E-state index in [1.54, 1.807) is 18.2 Å². The van der Waals surface area contributed by atoms with Crippen molar-refractivity contribution in [1.82, 2.24) is 0 Å². The Morgan fingerprint density at radius 2 is 1.75 bits per heavy atom. The van der Waals surface area contributed by atoms with E-state index >= 15 is 0 Å². The van der Waals surface area contributed by atoms with E-state index in [0.717, 1.165) is 5.56 Å². The maximum Gasteiger partial charge on any atom is 0.221 e. The molecular weight excluding hydrogens is 302 g/mol. The zero-order valence-electron chi connectivity index (χ0n) is 13.9. The van der Waals surface area contributed by atoms with Crippen molar-refractivity contribution in [3.8, 4) is 11.3 Å². The van der Waals surface area contributed by atoms with Crippen LogP contribution in [0.2, 0.25) is 0 Å². The van der Waals surface area contributed by atoms with Crippen molar-refractivity contribution in [3.63, 3.8) is 0 Å². The van der Waals surface area contributed by atoms with Gasteiger partial charge >= 0.3 is 0 Å². The van der Waals surface area contributed by atoms with Gasteiger partial charge in [0.2, 0.25) is 5.91 Å². The minimum atomic E-state index is -0.180. The van der Waals surface area contributed by atoms with Gasteiger partial charge in [-0.05, 0) is 29.7 Å². The molecule has 122 valence electrons. The second-order valence-electron chi connectivity index (χ2n) is 6.14. The summed E-state index contributed by atoms with van der Waals surface area (Å²) < 4.78 is 5.88. The van der Waals surface area contributed by atoms with E-state index in [0.29, 0.717) is 28.3 Å². The maximum absolute atomic E-state index is 12.4. The highest BCUT2D eigenvalue weighted by Gasteiger charge is 2.09. The molecule has 0 aliphatic rings. The summed E-state index contributed by atoms with van der Waals surface area (Å²) in [6.45, 7) is 5.70. The maximum atomic E-state index is 12.4. The molecule has 4 nitrogen and oxygen atoms in total. The third kappa shape index (κ3) is 3.23. The van der Waals surface area contributed by atoms with Gasteiger partial charge in [0.15, 0.2) is 5.43 Å². The van der Waals surface area contributed by atoms with Gasteiger partial charge in [0.1, 0.15) is 11.3 Å². The number of anilines is 1. The van der Waals surface area contributed by atoms with Crippen LogP contribution in [0.3, 0.4) is 0 Å². The molecule has 4 heteroatoms. The van der Waals surface area contributed by atoms with Crippen LogP contribution in [-0.2, 0) is 4.79 Å². The van der Waals surface area contributed by atoms with Crippen LogP contribution in [0.5, 0.6) is 0 Å². The molecule has 0 unspecified atom stereocenters. The van der Waals surface area contributed by atoms with Crippen molar-refractivity contribution in [2.24, 2.45) is 0 Å². The average molecular weight is 321 g/mol. The minimum absolute atomic E-state index is 0.133. The van der Waals surface area contributed by atoms with Crippen LogP contribution >= 0.6 is 0 Å². The van der Waals surface area contributed by atoms with Crippen molar-refractivity contribution < 1.29 is 9.21 Å². The van der Waals surface area contributed by atoms with Gasteiger partial charge in [0, 0.05) is 24.2 Å². The van der Waals surface area contributed by atoms with Crippen LogP contribution in [0.25, 0.3) is 22.3 Å². The first-order chi connectivity index (χ1) is 11.4. The number of hydrogen-bond acceptors (Lipinski definition) is 3. The molecule has 1 aromatic heterocycles. The molecule has 0 aliphatic carbocycles. The number of carbonyl (C=O) groups is 1. The van der Waals surface area contributed by atoms with E-state index in [4.69, 9.17) is 4.42 Å². The summed E-state index contributed by atoms with van der Waals surface area (Å²) in [7, 11) is 0. The fourth-order valence-corrected chi connectivity index (χ4v) is 2.61. The monoisotopic (exact) mass is 321 g/mol. The smallest absolute Gasteiger partial charge is 0.221 e. The first-order valence-corrected chi connectivity index (χ1v) is 7.90. The van der Waals surface area contributed by atoms with E-state index < -0.39 is 0 Å². The van der Waals surface area contributed by atoms with Crippen LogP contribution in [0.4, 0.5) is 5.69 Å². The van der Waals surface area contributed by atoms with Gasteiger partial charge in [0.05, 0.1) is 5.39 Å². The van der Waals surface area contributed by atoms with Gasteiger partial charge in [-0.15, -0.1) is 0 Å². The molecule has 0 saturated heterocycles. The second kappa shape index (κ2) is 6.32. The lowest BCUT2D eigenvalue weighted by molar-refractivity contribution is -0.114. The lowest BCUT2D eigenvalue weighted by Crippen LogP contribution is -2.07. The highest BCUT2D eigenvalue weighted by Crippen LogP contribution is 2.25. The van der Waals surface area contributed by atoms with E-state index in [1.807, 2.05) is 24.3 Å². The molecule has 0 bridgehead atoms. The summed E-state index contributed by atoms with van der Waals surface area (Å²) in [5.74, 6) is 0.811. The lowest BCUT2D eigenvalue weighted by atomic mass is 10.0. The molecule has 0 spiro atoms. The number of carbonyl (C=O) groups excluding carboxylic acids is 1. The zero-order valence-corrected chi connectivity index (χ0v) is 13.9. The average Bonchev–Trinajstić information content (AvgIpc) is 2.55. The Hall–Kier alpha value is -2.88. The molecule has 0 fully saturated rings. The number of fused-ring (bicyclic) bond motifs is 1. The molecule has 1 heterocycles. The predicted molar refractivity (Wildman–Crippen MR) is 96.3 cm³/mol. The topological polar surface area (TPSA) is 59.3 Å². The predicted octanol–water partition coefficient (Wildman–Crippen LogP) is 4.54. The van der Waals surface area contributed by atoms with Gasteiger partial charge in [-0.1, -0.05) is 38.1 Å². The highest BCUT2D eigenvalue weighted by molar-refractivity contribution is 5.92. The molecule has 24 heavy (non-hydrogen) atoms. The zero-order chi connectivity index (χ0) is 17.3. The molecule has 3 aromatic rings. The molecule has 0 saturated carbocycles. The Morgan fingerprint density at radius 1 is 1.04 bits per heavy atom. The second-order valence-corrected chi connectivity index (χ2v) is 6.14. The van der Waals surface area contributed by atoms with Crippen molar-refractivity contribution in [3.05, 3.63) is 64.3 Å². The Labute approximate surface area is 140 Å². The molecule has 2 aromatic carbocycles. The van der Waals surface area contributed by atoms with E-state index in [-0.39, 0.29) is 11.3 Å². The molecular formula is C20H19NO3. The molecule has 0 radical (unpaired) electrons. The summed E-state index contributed by atoms with van der Waals surface area (Å²) in [5, 5.41) is 3.12. The van der Waals surface area contributed by atoms with E-state index in [2.05, 4.69) is 19.2 Å². The lowest BCUT2D eigenvalue weighted by Gasteiger charge is -2.08. The summed E-state index contributed by atoms with van der Waals surface area (Å²) in [5.41, 5.74) is 3.05. The number of rotatable bonds is 3. The van der Waals surface area contributed by atoms with Crippen LogP contribution in [0, 0.1) is 0 Å². The third-order valence-electron chi connectivity index (χ3n) is 3.91. The fraction of sp³-hybridized carbons (Fsp3) is 0.200. The molecule has 0 aliphatic heterocycles. The summed E-state index contributed by atoms with van der Waals surface area (Å²) >= 11 is 0. The van der Waals surface area contributed by atoms with E-state index in [9.17, 15) is 9.59 Å². The molecule has 3 rings (SSSR count). The fourth-order valence-electron chi connectivity index (χ4n) is 2.61. The largest absolute Gasteiger partial charge is 0.456 e. The quantitative estimate of drug-likeness (QED) is 0.770. The van der Waals surface area contributed by atoms with Crippen molar-refractivity contribution in [2.45, 2.75) is 26.7 Å². The van der Waals surface area contributed by atoms with Gasteiger partial charge in [-0.3, -0.25) is 9.59 Å². The van der Waals surface area contributed by atoms with Gasteiger partial charge in [-0.25, -0.2) is 0 Å². The summed E-state index contributed by atoms with van der Waals surface area (Å²) in [4.78, 5) is 23.5. The van der Waals surface area contributed by atoms with E-state index in [1.165, 1.54) is 18.6 Å². The first-order valence-electron chi connectivity index (χ1n) is 7.90. The van der Waals surface area contributed by atoms with Gasteiger partial charge in [0.25, 0.3) is 0 Å². The number of hydrogen-bond donors (Lipinski definition) is 1. The van der Waals surface area contributed by atoms with Crippen molar-refractivity contribution >= 4 is 22.6 Å². The Balaban J connectivity index is 2.04. The number of amides is 1. The van der Waals surface area contributed by atoms with Crippen molar-refractivity contribution in [2.75, 3.05) is 5.32 Å². The standard InChI is InChI=1S/C20H19NO3/c1-12(2)14-4-6-15(7-5-14)20-11-18(23)17-10-16(21-13(3)22)8-9-19(17)24-20/h4-12H,1-3H3,(H,21,22). The summed E-state index contributed by atoms with van der Waals surface area (Å²) in [6, 6.07) is 14.6. The normalized spacial score (nSPS) is 11.0. The van der Waals surface area contributed by atoms with Gasteiger partial charge in [-0.2, -0.15) is 0 Å². The SMILES string of the molecule is CC(=O)Nc1ccc2oc(-c3ccc(C(C)C)cc3)cc(=O)c2c1. The molecule has 1 N–H and O–H groups in total. The number of nitrogens with one attached hydrogen (secondary N) is 1. The van der Waals surface area contributed by atoms with Crippen LogP contribution in [-0.4, -0.2) is 5.91 Å². The van der Waals surface area contributed by atoms with Crippen LogP contribution < -0.4 is 10.7 Å². The Bertz CT molecular complexity index is 953. The minimum Gasteiger partial charge on any atom is -0.456 e. The van der Waals surface area contributed by atoms with Gasteiger partial charge < -0.3 is 9.73 Å². The Kier molecular flexibility index (Phi) is 4.21. The van der Waals surface area contributed by atoms with Crippen LogP contribution in [0.15, 0.2) is 57.7 Å². The molecule has 0 atom stereocenters. The number of benzene rings is 2. The Morgan fingerprint density at radius 3 is 2.38 bits per heavy atom. The third-order valence-corrected chi connectivity index (χ3v) is 3.91. The first kappa shape index (κ1) is 16.0. The van der Waals surface area contributed by atoms with Crippen molar-refractivity contribution in [1.29, 1.82) is 0 Å².